The minimum absolute atomic E-state index is 0.0225. The number of nitrogens with one attached hydrogen (secondary N) is 1. The lowest BCUT2D eigenvalue weighted by Gasteiger charge is -2.70. The van der Waals surface area contributed by atoms with Crippen LogP contribution in [0.3, 0.4) is 0 Å². The topological polar surface area (TPSA) is 92.4 Å². The van der Waals surface area contributed by atoms with Gasteiger partial charge in [-0.2, -0.15) is 0 Å². The van der Waals surface area contributed by atoms with Gasteiger partial charge in [0.25, 0.3) is 0 Å². The molecule has 196 valence electrons. The second kappa shape index (κ2) is 7.43. The zero-order valence-corrected chi connectivity index (χ0v) is 23.1. The number of allylic oxidation sites excluding steroid dienone is 2. The SMILES string of the molecule is CC1(C)C2CC[C@]3(C)[C@H](C(=O)C=C4[C@@H]5C[C@@](C)(C(=O)NO)CC[C@]5(C)CC[C@]43C)[C@@]2(C)CC[C@H]1N. The van der Waals surface area contributed by atoms with E-state index in [1.54, 1.807) is 0 Å². The quantitative estimate of drug-likeness (QED) is 0.324. The molecule has 9 atom stereocenters. The molecule has 5 aliphatic carbocycles. The average Bonchev–Trinajstić information content (AvgIpc) is 2.78. The summed E-state index contributed by atoms with van der Waals surface area (Å²) in [6.45, 7) is 16.3. The molecule has 4 N–H and O–H groups in total. The van der Waals surface area contributed by atoms with Crippen molar-refractivity contribution in [3.05, 3.63) is 11.6 Å². The van der Waals surface area contributed by atoms with Gasteiger partial charge in [-0.3, -0.25) is 14.8 Å². The normalized spacial score (nSPS) is 52.8. The number of carbonyl (C=O) groups is 2. The highest BCUT2D eigenvalue weighted by Gasteiger charge is 2.70. The first kappa shape index (κ1) is 25.4. The smallest absolute Gasteiger partial charge is 0.249 e. The van der Waals surface area contributed by atoms with Gasteiger partial charge < -0.3 is 5.73 Å². The third-order valence-corrected chi connectivity index (χ3v) is 13.3. The molecule has 0 saturated heterocycles. The van der Waals surface area contributed by atoms with Crippen molar-refractivity contribution < 1.29 is 14.8 Å². The van der Waals surface area contributed by atoms with Crippen LogP contribution in [0.25, 0.3) is 0 Å². The molecule has 5 heteroatoms. The van der Waals surface area contributed by atoms with Crippen LogP contribution in [0.1, 0.15) is 106 Å². The van der Waals surface area contributed by atoms with Crippen LogP contribution in [-0.4, -0.2) is 22.9 Å². The molecular weight excluding hydrogens is 436 g/mol. The van der Waals surface area contributed by atoms with Gasteiger partial charge in [-0.05, 0) is 103 Å². The minimum atomic E-state index is -0.605. The maximum absolute atomic E-state index is 14.3. The Morgan fingerprint density at radius 1 is 0.971 bits per heavy atom. The van der Waals surface area contributed by atoms with E-state index in [1.807, 2.05) is 12.4 Å². The van der Waals surface area contributed by atoms with Gasteiger partial charge in [0.05, 0.1) is 0 Å². The summed E-state index contributed by atoms with van der Waals surface area (Å²) in [6, 6.07) is 0.193. The number of amides is 1. The molecule has 4 fully saturated rings. The third kappa shape index (κ3) is 3.06. The van der Waals surface area contributed by atoms with Crippen molar-refractivity contribution >= 4 is 11.7 Å². The molecule has 0 radical (unpaired) electrons. The molecule has 0 aromatic heterocycles. The zero-order chi connectivity index (χ0) is 25.8. The van der Waals surface area contributed by atoms with Gasteiger partial charge in [0.15, 0.2) is 5.78 Å². The van der Waals surface area contributed by atoms with Gasteiger partial charge in [0.2, 0.25) is 5.91 Å². The van der Waals surface area contributed by atoms with Crippen LogP contribution < -0.4 is 11.2 Å². The monoisotopic (exact) mass is 484 g/mol. The fourth-order valence-corrected chi connectivity index (χ4v) is 10.6. The maximum atomic E-state index is 14.3. The summed E-state index contributed by atoms with van der Waals surface area (Å²) < 4.78 is 0. The van der Waals surface area contributed by atoms with E-state index in [0.29, 0.717) is 18.1 Å². The zero-order valence-electron chi connectivity index (χ0n) is 23.1. The summed E-state index contributed by atoms with van der Waals surface area (Å²) in [7, 11) is 0. The van der Waals surface area contributed by atoms with Crippen molar-refractivity contribution in [2.75, 3.05) is 0 Å². The van der Waals surface area contributed by atoms with Crippen molar-refractivity contribution in [1.82, 2.24) is 5.48 Å². The summed E-state index contributed by atoms with van der Waals surface area (Å²) in [4.78, 5) is 27.0. The van der Waals surface area contributed by atoms with Crippen LogP contribution >= 0.6 is 0 Å². The summed E-state index contributed by atoms with van der Waals surface area (Å²) in [5.74, 6) is 0.712. The fourth-order valence-electron chi connectivity index (χ4n) is 10.6. The number of carbonyl (C=O) groups excluding carboxylic acids is 2. The molecule has 0 aromatic carbocycles. The van der Waals surface area contributed by atoms with E-state index in [-0.39, 0.29) is 50.9 Å². The average molecular weight is 485 g/mol. The number of hydrogen-bond acceptors (Lipinski definition) is 4. The van der Waals surface area contributed by atoms with Crippen molar-refractivity contribution in [1.29, 1.82) is 0 Å². The van der Waals surface area contributed by atoms with E-state index in [1.165, 1.54) is 5.57 Å². The van der Waals surface area contributed by atoms with E-state index in [4.69, 9.17) is 5.73 Å². The van der Waals surface area contributed by atoms with Gasteiger partial charge in [-0.15, -0.1) is 0 Å². The van der Waals surface area contributed by atoms with Gasteiger partial charge >= 0.3 is 0 Å². The number of hydroxylamine groups is 1. The standard InChI is InChI=1S/C30H48N2O3/c1-25(2)21-8-11-30(7)23(28(21,5)10-9-22(25)31)20(33)16-18-19-17-27(4,24(34)32-35)13-12-26(19,3)14-15-29(18,30)6/h16,19,21-23,35H,8-15,17,31H2,1-7H3,(H,32,34)/t19-,21?,22+,23+,26+,27-,28-,29+,30+/m0/s1. The van der Waals surface area contributed by atoms with Gasteiger partial charge in [-0.25, -0.2) is 5.48 Å². The molecule has 5 rings (SSSR count). The number of ketones is 1. The summed E-state index contributed by atoms with van der Waals surface area (Å²) in [6.07, 6.45) is 11.0. The summed E-state index contributed by atoms with van der Waals surface area (Å²) in [5, 5.41) is 9.46. The van der Waals surface area contributed by atoms with Crippen LogP contribution in [0.5, 0.6) is 0 Å². The lowest BCUT2D eigenvalue weighted by molar-refractivity contribution is -0.187. The Hall–Kier alpha value is -1.20. The van der Waals surface area contributed by atoms with E-state index in [0.717, 1.165) is 51.4 Å². The van der Waals surface area contributed by atoms with E-state index >= 15 is 0 Å². The van der Waals surface area contributed by atoms with Crippen LogP contribution in [0.2, 0.25) is 0 Å². The second-order valence-corrected chi connectivity index (χ2v) is 15.2. The first-order chi connectivity index (χ1) is 16.1. The van der Waals surface area contributed by atoms with Crippen LogP contribution in [0.15, 0.2) is 11.6 Å². The molecule has 4 saturated carbocycles. The third-order valence-electron chi connectivity index (χ3n) is 13.3. The van der Waals surface area contributed by atoms with Gasteiger partial charge in [-0.1, -0.05) is 54.0 Å². The molecule has 0 spiro atoms. The number of rotatable bonds is 1. The van der Waals surface area contributed by atoms with E-state index in [9.17, 15) is 14.8 Å². The predicted molar refractivity (Wildman–Crippen MR) is 137 cm³/mol. The molecule has 0 bridgehead atoms. The van der Waals surface area contributed by atoms with Crippen molar-refractivity contribution in [2.24, 2.45) is 56.0 Å². The van der Waals surface area contributed by atoms with E-state index < -0.39 is 5.41 Å². The fraction of sp³-hybridized carbons (Fsp3) is 0.867. The molecule has 0 aliphatic heterocycles. The number of fused-ring (bicyclic) bond motifs is 7. The highest BCUT2D eigenvalue weighted by atomic mass is 16.5. The minimum Gasteiger partial charge on any atom is -0.327 e. The highest BCUT2D eigenvalue weighted by Crippen LogP contribution is 2.75. The number of nitrogens with two attached hydrogens (primary N) is 1. The van der Waals surface area contributed by atoms with Crippen molar-refractivity contribution in [3.8, 4) is 0 Å². The molecule has 35 heavy (non-hydrogen) atoms. The molecule has 1 unspecified atom stereocenters. The lowest BCUT2D eigenvalue weighted by atomic mass is 9.33. The highest BCUT2D eigenvalue weighted by molar-refractivity contribution is 5.95. The Labute approximate surface area is 212 Å². The Balaban J connectivity index is 1.61. The Morgan fingerprint density at radius 2 is 1.63 bits per heavy atom. The first-order valence-corrected chi connectivity index (χ1v) is 14.1. The summed E-state index contributed by atoms with van der Waals surface area (Å²) >= 11 is 0. The van der Waals surface area contributed by atoms with Crippen LogP contribution in [-0.2, 0) is 9.59 Å². The van der Waals surface area contributed by atoms with E-state index in [2.05, 4.69) is 47.6 Å². The second-order valence-electron chi connectivity index (χ2n) is 15.2. The molecule has 0 heterocycles. The predicted octanol–water partition coefficient (Wildman–Crippen LogP) is 5.80. The van der Waals surface area contributed by atoms with Gasteiger partial charge in [0, 0.05) is 17.4 Å². The first-order valence-electron chi connectivity index (χ1n) is 14.1. The Kier molecular flexibility index (Phi) is 5.40. The molecule has 1 amide bonds. The largest absolute Gasteiger partial charge is 0.327 e. The Bertz CT molecular complexity index is 988. The Morgan fingerprint density at radius 3 is 2.29 bits per heavy atom. The molecule has 5 nitrogen and oxygen atoms in total. The van der Waals surface area contributed by atoms with Crippen molar-refractivity contribution in [2.45, 2.75) is 112 Å². The number of hydrogen-bond donors (Lipinski definition) is 3. The molecular formula is C30H48N2O3. The van der Waals surface area contributed by atoms with Crippen molar-refractivity contribution in [3.63, 3.8) is 0 Å². The maximum Gasteiger partial charge on any atom is 0.249 e. The van der Waals surface area contributed by atoms with Gasteiger partial charge in [0.1, 0.15) is 0 Å². The molecule has 5 aliphatic rings. The van der Waals surface area contributed by atoms with Crippen LogP contribution in [0.4, 0.5) is 0 Å². The van der Waals surface area contributed by atoms with Crippen LogP contribution in [0, 0.1) is 50.2 Å². The molecule has 0 aromatic rings. The lowest BCUT2D eigenvalue weighted by Crippen LogP contribution is -2.67. The summed E-state index contributed by atoms with van der Waals surface area (Å²) in [5.41, 5.74) is 9.24.